The van der Waals surface area contributed by atoms with E-state index in [0.29, 0.717) is 11.8 Å². The van der Waals surface area contributed by atoms with Gasteiger partial charge in [-0.05, 0) is 67.2 Å². The van der Waals surface area contributed by atoms with Gasteiger partial charge < -0.3 is 5.32 Å². The topological polar surface area (TPSA) is 66.5 Å². The molecule has 5 nitrogen and oxygen atoms in total. The molecule has 3 fully saturated rings. The van der Waals surface area contributed by atoms with Crippen molar-refractivity contribution < 1.29 is 14.4 Å². The maximum absolute atomic E-state index is 12.9. The van der Waals surface area contributed by atoms with Crippen molar-refractivity contribution in [3.8, 4) is 0 Å². The van der Waals surface area contributed by atoms with E-state index in [2.05, 4.69) is 17.5 Å². The van der Waals surface area contributed by atoms with Gasteiger partial charge in [-0.15, -0.1) is 0 Å². The van der Waals surface area contributed by atoms with Gasteiger partial charge in [0.2, 0.25) is 17.7 Å². The Labute approximate surface area is 158 Å². The van der Waals surface area contributed by atoms with E-state index in [9.17, 15) is 14.4 Å². The molecule has 140 valence electrons. The smallest absolute Gasteiger partial charge is 0.233 e. The van der Waals surface area contributed by atoms with Crippen molar-refractivity contribution in [3.05, 3.63) is 41.5 Å². The lowest BCUT2D eigenvalue weighted by molar-refractivity contribution is -0.140. The van der Waals surface area contributed by atoms with Crippen molar-refractivity contribution in [3.63, 3.8) is 0 Å². The first-order valence-corrected chi connectivity index (χ1v) is 9.86. The number of rotatable bonds is 4. The lowest BCUT2D eigenvalue weighted by Crippen LogP contribution is -2.40. The van der Waals surface area contributed by atoms with Crippen molar-refractivity contribution in [1.29, 1.82) is 0 Å². The van der Waals surface area contributed by atoms with E-state index in [0.717, 1.165) is 23.2 Å². The number of allylic oxidation sites excluding steroid dienone is 2. The number of benzene rings is 1. The van der Waals surface area contributed by atoms with Gasteiger partial charge in [0.15, 0.2) is 0 Å². The number of nitrogens with zero attached hydrogens (tertiary/aromatic N) is 1. The summed E-state index contributed by atoms with van der Waals surface area (Å²) in [7, 11) is 0. The fraction of sp³-hybridized carbons (Fsp3) is 0.500. The van der Waals surface area contributed by atoms with Gasteiger partial charge in [-0.2, -0.15) is 0 Å². The first kappa shape index (κ1) is 16.7. The Hall–Kier alpha value is -2.43. The highest BCUT2D eigenvalue weighted by Crippen LogP contribution is 2.65. The molecule has 5 heteroatoms. The van der Waals surface area contributed by atoms with Gasteiger partial charge in [0.1, 0.15) is 0 Å². The summed E-state index contributed by atoms with van der Waals surface area (Å²) < 4.78 is 0. The van der Waals surface area contributed by atoms with E-state index < -0.39 is 0 Å². The number of carbonyl (C=O) groups is 3. The molecule has 0 unspecified atom stereocenters. The fourth-order valence-corrected chi connectivity index (χ4v) is 5.72. The fourth-order valence-electron chi connectivity index (χ4n) is 5.72. The standard InChI is InChI=1S/C22H24N2O3/c1-11-7-12(2)9-13(8-11)23-18(25)5-6-24-21(26)19-14-3-4-15(17-10-16(14)17)20(19)22(24)27/h3-4,7-9,14-17,19-20H,5-6,10H2,1-2H3,(H,23,25)/t14-,15-,16-,17+,19-,20+/m0/s1. The third-order valence-electron chi connectivity index (χ3n) is 6.82. The number of likely N-dealkylation sites (tertiary alicyclic amines) is 1. The van der Waals surface area contributed by atoms with Crippen LogP contribution in [0.15, 0.2) is 30.4 Å². The van der Waals surface area contributed by atoms with Crippen LogP contribution in [0.5, 0.6) is 0 Å². The van der Waals surface area contributed by atoms with Gasteiger partial charge in [-0.25, -0.2) is 0 Å². The Morgan fingerprint density at radius 3 is 2.11 bits per heavy atom. The molecule has 0 radical (unpaired) electrons. The minimum Gasteiger partial charge on any atom is -0.326 e. The first-order chi connectivity index (χ1) is 12.9. The minimum atomic E-state index is -0.182. The Bertz CT molecular complexity index is 833. The SMILES string of the molecule is Cc1cc(C)cc(NC(=O)CCN2C(=O)[C@@H]3[C@H]4C=C[C@@H]([C@@H]5C[C@H]45)[C@@H]3C2=O)c1. The van der Waals surface area contributed by atoms with Crippen molar-refractivity contribution in [2.45, 2.75) is 26.7 Å². The van der Waals surface area contributed by atoms with Gasteiger partial charge in [0.05, 0.1) is 11.8 Å². The molecule has 1 heterocycles. The zero-order valence-electron chi connectivity index (χ0n) is 15.6. The van der Waals surface area contributed by atoms with E-state index in [1.807, 2.05) is 32.0 Å². The molecule has 1 saturated heterocycles. The summed E-state index contributed by atoms with van der Waals surface area (Å²) in [6.07, 6.45) is 5.64. The summed E-state index contributed by atoms with van der Waals surface area (Å²) in [5.74, 6) is 1.02. The predicted molar refractivity (Wildman–Crippen MR) is 101 cm³/mol. The van der Waals surface area contributed by atoms with E-state index in [1.54, 1.807) is 0 Å². The molecule has 6 atom stereocenters. The molecule has 1 N–H and O–H groups in total. The number of hydrogen-bond acceptors (Lipinski definition) is 3. The zero-order chi connectivity index (χ0) is 18.9. The molecule has 0 spiro atoms. The van der Waals surface area contributed by atoms with Crippen LogP contribution in [0.3, 0.4) is 0 Å². The second kappa shape index (κ2) is 5.78. The predicted octanol–water partition coefficient (Wildman–Crippen LogP) is 2.69. The molecule has 6 rings (SSSR count). The van der Waals surface area contributed by atoms with Crippen LogP contribution in [0, 0.1) is 49.4 Å². The molecule has 1 aliphatic heterocycles. The minimum absolute atomic E-state index is 0.0612. The molecule has 27 heavy (non-hydrogen) atoms. The van der Waals surface area contributed by atoms with Gasteiger partial charge >= 0.3 is 0 Å². The van der Waals surface area contributed by atoms with Gasteiger partial charge in [0, 0.05) is 18.7 Å². The molecular weight excluding hydrogens is 340 g/mol. The summed E-state index contributed by atoms with van der Waals surface area (Å²) in [5.41, 5.74) is 2.93. The normalized spacial score (nSPS) is 35.3. The number of imide groups is 1. The molecule has 3 amide bonds. The highest BCUT2D eigenvalue weighted by Gasteiger charge is 2.66. The number of amides is 3. The number of aryl methyl sites for hydroxylation is 2. The first-order valence-electron chi connectivity index (χ1n) is 9.86. The Balaban J connectivity index is 1.25. The van der Waals surface area contributed by atoms with E-state index >= 15 is 0 Å². The Morgan fingerprint density at radius 1 is 1.00 bits per heavy atom. The van der Waals surface area contributed by atoms with Gasteiger partial charge in [-0.1, -0.05) is 18.2 Å². The number of hydrogen-bond donors (Lipinski definition) is 1. The van der Waals surface area contributed by atoms with Crippen LogP contribution in [0.2, 0.25) is 0 Å². The summed E-state index contributed by atoms with van der Waals surface area (Å²) >= 11 is 0. The van der Waals surface area contributed by atoms with Crippen LogP contribution in [0.1, 0.15) is 24.0 Å². The van der Waals surface area contributed by atoms with Crippen LogP contribution in [0.25, 0.3) is 0 Å². The summed E-state index contributed by atoms with van der Waals surface area (Å²) in [6.45, 7) is 4.15. The molecule has 0 aromatic heterocycles. The zero-order valence-corrected chi connectivity index (χ0v) is 15.6. The highest BCUT2D eigenvalue weighted by atomic mass is 16.2. The molecule has 2 bridgehead atoms. The average Bonchev–Trinajstić information content (AvgIpc) is 3.38. The third kappa shape index (κ3) is 2.55. The lowest BCUT2D eigenvalue weighted by Gasteiger charge is -2.37. The van der Waals surface area contributed by atoms with Gasteiger partial charge in [-0.3, -0.25) is 19.3 Å². The van der Waals surface area contributed by atoms with Crippen molar-refractivity contribution in [2.75, 3.05) is 11.9 Å². The number of anilines is 1. The van der Waals surface area contributed by atoms with Crippen molar-refractivity contribution in [1.82, 2.24) is 4.90 Å². The van der Waals surface area contributed by atoms with Crippen molar-refractivity contribution in [2.24, 2.45) is 35.5 Å². The molecule has 2 saturated carbocycles. The quantitative estimate of drug-likeness (QED) is 0.660. The second-order valence-corrected chi connectivity index (χ2v) is 8.66. The average molecular weight is 364 g/mol. The van der Waals surface area contributed by atoms with Crippen molar-refractivity contribution >= 4 is 23.4 Å². The second-order valence-electron chi connectivity index (χ2n) is 8.66. The molecular formula is C22H24N2O3. The highest BCUT2D eigenvalue weighted by molar-refractivity contribution is 6.06. The summed E-state index contributed by atoms with van der Waals surface area (Å²) in [5, 5.41) is 2.88. The van der Waals surface area contributed by atoms with Crippen LogP contribution < -0.4 is 5.32 Å². The maximum Gasteiger partial charge on any atom is 0.233 e. The number of nitrogens with one attached hydrogen (secondary N) is 1. The van der Waals surface area contributed by atoms with E-state index in [4.69, 9.17) is 0 Å². The molecule has 5 aliphatic rings. The van der Waals surface area contributed by atoms with Crippen LogP contribution >= 0.6 is 0 Å². The van der Waals surface area contributed by atoms with E-state index in [1.165, 1.54) is 4.90 Å². The Morgan fingerprint density at radius 2 is 1.56 bits per heavy atom. The summed E-state index contributed by atoms with van der Waals surface area (Å²) in [4.78, 5) is 39.5. The molecule has 4 aliphatic carbocycles. The maximum atomic E-state index is 12.9. The van der Waals surface area contributed by atoms with Crippen LogP contribution in [0.4, 0.5) is 5.69 Å². The largest absolute Gasteiger partial charge is 0.326 e. The number of carbonyl (C=O) groups excluding carboxylic acids is 3. The monoisotopic (exact) mass is 364 g/mol. The van der Waals surface area contributed by atoms with Crippen LogP contribution in [-0.2, 0) is 14.4 Å². The molecule has 1 aromatic rings. The molecule has 1 aromatic carbocycles. The Kier molecular flexibility index (Phi) is 3.58. The third-order valence-corrected chi connectivity index (χ3v) is 6.82. The lowest BCUT2D eigenvalue weighted by atomic mass is 9.63. The van der Waals surface area contributed by atoms with Crippen LogP contribution in [-0.4, -0.2) is 29.2 Å². The van der Waals surface area contributed by atoms with Gasteiger partial charge in [0.25, 0.3) is 0 Å². The van der Waals surface area contributed by atoms with E-state index in [-0.39, 0.29) is 54.4 Å². The summed E-state index contributed by atoms with van der Waals surface area (Å²) in [6, 6.07) is 5.88.